The van der Waals surface area contributed by atoms with Crippen LogP contribution in [-0.2, 0) is 0 Å². The molecule has 5 nitrogen and oxygen atoms in total. The van der Waals surface area contributed by atoms with Crippen molar-refractivity contribution in [2.75, 3.05) is 26.3 Å². The number of para-hydroxylation sites is 1. The number of halogens is 1. The van der Waals surface area contributed by atoms with Crippen LogP contribution in [0.5, 0.6) is 11.6 Å². The van der Waals surface area contributed by atoms with Gasteiger partial charge in [-0.2, -0.15) is 5.26 Å². The molecule has 0 unspecified atom stereocenters. The van der Waals surface area contributed by atoms with Crippen molar-refractivity contribution in [1.82, 2.24) is 10.3 Å². The molecule has 2 aromatic rings. The molecule has 0 aliphatic heterocycles. The van der Waals surface area contributed by atoms with Gasteiger partial charge < -0.3 is 14.8 Å². The molecule has 0 amide bonds. The zero-order chi connectivity index (χ0) is 15.6. The number of aryl methyl sites for hydroxylation is 1. The maximum atomic E-state index is 8.92. The number of ether oxygens (including phenoxy) is 2. The van der Waals surface area contributed by atoms with E-state index in [1.165, 1.54) is 0 Å². The first-order valence-corrected chi connectivity index (χ1v) is 7.18. The third-order valence-corrected chi connectivity index (χ3v) is 3.04. The molecule has 23 heavy (non-hydrogen) atoms. The fourth-order valence-corrected chi connectivity index (χ4v) is 1.89. The molecule has 0 aliphatic carbocycles. The van der Waals surface area contributed by atoms with Crippen LogP contribution in [0, 0.1) is 18.3 Å². The topological polar surface area (TPSA) is 67.2 Å². The van der Waals surface area contributed by atoms with E-state index >= 15 is 0 Å². The fourth-order valence-electron chi connectivity index (χ4n) is 1.89. The van der Waals surface area contributed by atoms with Crippen LogP contribution in [0.25, 0.3) is 0 Å². The molecule has 1 aromatic heterocycles. The largest absolute Gasteiger partial charge is 0.492 e. The first-order valence-electron chi connectivity index (χ1n) is 7.18. The number of pyridine rings is 1. The predicted octanol–water partition coefficient (Wildman–Crippen LogP) is 2.73. The molecular formula is C17H20ClN3O2. The zero-order valence-electron chi connectivity index (χ0n) is 13.0. The lowest BCUT2D eigenvalue weighted by Crippen LogP contribution is -2.26. The Hall–Kier alpha value is -2.29. The summed E-state index contributed by atoms with van der Waals surface area (Å²) in [5.41, 5.74) is 1.58. The van der Waals surface area contributed by atoms with E-state index in [-0.39, 0.29) is 12.4 Å². The minimum atomic E-state index is 0. The van der Waals surface area contributed by atoms with Crippen molar-refractivity contribution >= 4 is 12.4 Å². The van der Waals surface area contributed by atoms with Gasteiger partial charge in [0, 0.05) is 19.3 Å². The number of benzene rings is 1. The maximum Gasteiger partial charge on any atom is 0.231 e. The van der Waals surface area contributed by atoms with Gasteiger partial charge >= 0.3 is 0 Å². The molecule has 122 valence electrons. The smallest absolute Gasteiger partial charge is 0.231 e. The van der Waals surface area contributed by atoms with E-state index in [0.717, 1.165) is 17.9 Å². The van der Waals surface area contributed by atoms with Crippen LogP contribution in [0.2, 0.25) is 0 Å². The number of nitriles is 1. The fraction of sp³-hybridized carbons (Fsp3) is 0.294. The highest BCUT2D eigenvalue weighted by molar-refractivity contribution is 5.85. The SMILES string of the molecule is Cc1ccccc1OCCNCCOc1ncccc1C#N.Cl. The first-order chi connectivity index (χ1) is 10.8. The molecular weight excluding hydrogens is 314 g/mol. The lowest BCUT2D eigenvalue weighted by molar-refractivity contribution is 0.282. The standard InChI is InChI=1S/C17H19N3O2.ClH/c1-14-5-2-3-7-16(14)21-11-9-19-10-12-22-17-15(13-18)6-4-8-20-17;/h2-8,19H,9-12H2,1H3;1H. The maximum absolute atomic E-state index is 8.92. The van der Waals surface area contributed by atoms with Crippen LogP contribution in [0.1, 0.15) is 11.1 Å². The van der Waals surface area contributed by atoms with Crippen LogP contribution in [0.4, 0.5) is 0 Å². The van der Waals surface area contributed by atoms with Crippen LogP contribution in [0.15, 0.2) is 42.6 Å². The first kappa shape index (κ1) is 18.8. The molecule has 1 aromatic carbocycles. The lowest BCUT2D eigenvalue weighted by Gasteiger charge is -2.10. The second kappa shape index (κ2) is 10.4. The van der Waals surface area contributed by atoms with Gasteiger partial charge in [-0.1, -0.05) is 18.2 Å². The molecule has 0 atom stereocenters. The van der Waals surface area contributed by atoms with E-state index < -0.39 is 0 Å². The quantitative estimate of drug-likeness (QED) is 0.752. The Morgan fingerprint density at radius 1 is 1.09 bits per heavy atom. The van der Waals surface area contributed by atoms with E-state index in [4.69, 9.17) is 14.7 Å². The predicted molar refractivity (Wildman–Crippen MR) is 91.2 cm³/mol. The highest BCUT2D eigenvalue weighted by atomic mass is 35.5. The average Bonchev–Trinajstić information content (AvgIpc) is 2.56. The summed E-state index contributed by atoms with van der Waals surface area (Å²) in [6.07, 6.45) is 1.61. The van der Waals surface area contributed by atoms with Gasteiger partial charge in [0.2, 0.25) is 5.88 Å². The van der Waals surface area contributed by atoms with Gasteiger partial charge in [-0.05, 0) is 30.7 Å². The summed E-state index contributed by atoms with van der Waals surface area (Å²) >= 11 is 0. The van der Waals surface area contributed by atoms with Crippen molar-refractivity contribution in [2.45, 2.75) is 6.92 Å². The van der Waals surface area contributed by atoms with Crippen LogP contribution >= 0.6 is 12.4 Å². The molecule has 0 saturated carbocycles. The zero-order valence-corrected chi connectivity index (χ0v) is 13.8. The van der Waals surface area contributed by atoms with E-state index in [0.29, 0.717) is 31.2 Å². The van der Waals surface area contributed by atoms with Gasteiger partial charge in [-0.3, -0.25) is 0 Å². The van der Waals surface area contributed by atoms with Crippen molar-refractivity contribution in [2.24, 2.45) is 0 Å². The van der Waals surface area contributed by atoms with Crippen LogP contribution in [0.3, 0.4) is 0 Å². The average molecular weight is 334 g/mol. The summed E-state index contributed by atoms with van der Waals surface area (Å²) in [6, 6.07) is 13.4. The van der Waals surface area contributed by atoms with Gasteiger partial charge in [0.05, 0.1) is 0 Å². The summed E-state index contributed by atoms with van der Waals surface area (Å²) in [7, 11) is 0. The molecule has 1 N–H and O–H groups in total. The number of rotatable bonds is 8. The number of nitrogens with zero attached hydrogens (tertiary/aromatic N) is 2. The minimum absolute atomic E-state index is 0. The van der Waals surface area contributed by atoms with Gasteiger partial charge in [-0.25, -0.2) is 4.98 Å². The molecule has 1 heterocycles. The lowest BCUT2D eigenvalue weighted by atomic mass is 10.2. The van der Waals surface area contributed by atoms with Gasteiger partial charge in [-0.15, -0.1) is 12.4 Å². The summed E-state index contributed by atoms with van der Waals surface area (Å²) in [4.78, 5) is 4.04. The van der Waals surface area contributed by atoms with Gasteiger partial charge in [0.15, 0.2) is 0 Å². The Kier molecular flexibility index (Phi) is 8.51. The van der Waals surface area contributed by atoms with E-state index in [1.807, 2.05) is 31.2 Å². The van der Waals surface area contributed by atoms with Crippen molar-refractivity contribution in [1.29, 1.82) is 5.26 Å². The second-order valence-corrected chi connectivity index (χ2v) is 4.68. The van der Waals surface area contributed by atoms with Gasteiger partial charge in [0.1, 0.15) is 30.6 Å². The summed E-state index contributed by atoms with van der Waals surface area (Å²) in [5, 5.41) is 12.1. The molecule has 6 heteroatoms. The summed E-state index contributed by atoms with van der Waals surface area (Å²) in [6.45, 7) is 4.47. The van der Waals surface area contributed by atoms with Crippen molar-refractivity contribution in [3.8, 4) is 17.7 Å². The molecule has 0 aliphatic rings. The highest BCUT2D eigenvalue weighted by Crippen LogP contribution is 2.15. The molecule has 0 radical (unpaired) electrons. The van der Waals surface area contributed by atoms with Crippen LogP contribution in [-0.4, -0.2) is 31.3 Å². The van der Waals surface area contributed by atoms with Crippen molar-refractivity contribution in [3.63, 3.8) is 0 Å². The van der Waals surface area contributed by atoms with Gasteiger partial charge in [0.25, 0.3) is 0 Å². The van der Waals surface area contributed by atoms with E-state index in [9.17, 15) is 0 Å². The van der Waals surface area contributed by atoms with E-state index in [2.05, 4.69) is 16.4 Å². The van der Waals surface area contributed by atoms with Crippen LogP contribution < -0.4 is 14.8 Å². The minimum Gasteiger partial charge on any atom is -0.492 e. The third-order valence-electron chi connectivity index (χ3n) is 3.04. The second-order valence-electron chi connectivity index (χ2n) is 4.68. The normalized spacial score (nSPS) is 9.57. The third kappa shape index (κ3) is 6.15. The molecule has 2 rings (SSSR count). The Bertz CT molecular complexity index is 644. The monoisotopic (exact) mass is 333 g/mol. The van der Waals surface area contributed by atoms with Crippen molar-refractivity contribution in [3.05, 3.63) is 53.7 Å². The molecule has 0 saturated heterocycles. The van der Waals surface area contributed by atoms with Crippen molar-refractivity contribution < 1.29 is 9.47 Å². The Labute approximate surface area is 142 Å². The Balaban J connectivity index is 0.00000264. The number of hydrogen-bond acceptors (Lipinski definition) is 5. The number of hydrogen-bond donors (Lipinski definition) is 1. The number of aromatic nitrogens is 1. The highest BCUT2D eigenvalue weighted by Gasteiger charge is 2.02. The molecule has 0 spiro atoms. The molecule has 0 bridgehead atoms. The Morgan fingerprint density at radius 2 is 1.83 bits per heavy atom. The molecule has 0 fully saturated rings. The summed E-state index contributed by atoms with van der Waals surface area (Å²) in [5.74, 6) is 1.29. The number of nitrogens with one attached hydrogen (secondary N) is 1. The summed E-state index contributed by atoms with van der Waals surface area (Å²) < 4.78 is 11.2. The van der Waals surface area contributed by atoms with E-state index in [1.54, 1.807) is 18.3 Å². The Morgan fingerprint density at radius 3 is 2.57 bits per heavy atom.